The van der Waals surface area contributed by atoms with Crippen molar-refractivity contribution in [3.8, 4) is 23.0 Å². The lowest BCUT2D eigenvalue weighted by Crippen LogP contribution is -2.38. The number of fused-ring (bicyclic) bond motifs is 1. The summed E-state index contributed by atoms with van der Waals surface area (Å²) in [5, 5.41) is 0. The van der Waals surface area contributed by atoms with Gasteiger partial charge in [0.05, 0.1) is 28.4 Å². The fourth-order valence-electron chi connectivity index (χ4n) is 3.28. The quantitative estimate of drug-likeness (QED) is 0.453. The van der Waals surface area contributed by atoms with E-state index in [9.17, 15) is 9.59 Å². The van der Waals surface area contributed by atoms with Gasteiger partial charge in [0.2, 0.25) is 0 Å². The number of benzene rings is 2. The van der Waals surface area contributed by atoms with Crippen molar-refractivity contribution in [2.75, 3.05) is 28.4 Å². The maximum atomic E-state index is 12.7. The molecule has 0 aromatic heterocycles. The molecule has 0 amide bonds. The Morgan fingerprint density at radius 2 is 1.70 bits per heavy atom. The molecule has 1 heterocycles. The van der Waals surface area contributed by atoms with Gasteiger partial charge in [-0.05, 0) is 17.7 Å². The van der Waals surface area contributed by atoms with Crippen molar-refractivity contribution in [3.63, 3.8) is 0 Å². The molecule has 142 valence electrons. The molecule has 0 unspecified atom stereocenters. The molecule has 0 saturated heterocycles. The van der Waals surface area contributed by atoms with Gasteiger partial charge in [0.1, 0.15) is 23.0 Å². The largest absolute Gasteiger partial charge is 0.497 e. The summed E-state index contributed by atoms with van der Waals surface area (Å²) < 4.78 is 26.3. The van der Waals surface area contributed by atoms with Crippen molar-refractivity contribution < 1.29 is 33.3 Å². The van der Waals surface area contributed by atoms with Crippen LogP contribution in [0.2, 0.25) is 0 Å². The zero-order chi connectivity index (χ0) is 19.6. The zero-order valence-corrected chi connectivity index (χ0v) is 15.5. The predicted molar refractivity (Wildman–Crippen MR) is 95.5 cm³/mol. The van der Waals surface area contributed by atoms with Crippen molar-refractivity contribution >= 4 is 11.9 Å². The van der Waals surface area contributed by atoms with Crippen LogP contribution in [-0.4, -0.2) is 40.4 Å². The molecule has 0 fully saturated rings. The zero-order valence-electron chi connectivity index (χ0n) is 15.5. The second kappa shape index (κ2) is 7.57. The first-order valence-corrected chi connectivity index (χ1v) is 8.23. The highest BCUT2D eigenvalue weighted by Gasteiger charge is 2.46. The molecule has 7 heteroatoms. The van der Waals surface area contributed by atoms with Gasteiger partial charge in [-0.25, -0.2) is 0 Å². The Balaban J connectivity index is 2.27. The van der Waals surface area contributed by atoms with Gasteiger partial charge in [-0.3, -0.25) is 9.59 Å². The van der Waals surface area contributed by atoms with E-state index in [4.69, 9.17) is 23.7 Å². The normalized spacial score (nSPS) is 18.1. The molecular formula is C20H20O7. The number of methoxy groups -OCH3 is 4. The topological polar surface area (TPSA) is 80.3 Å². The number of esters is 2. The number of carbonyl (C=O) groups excluding carboxylic acids is 2. The van der Waals surface area contributed by atoms with E-state index in [2.05, 4.69) is 0 Å². The minimum Gasteiger partial charge on any atom is -0.497 e. The summed E-state index contributed by atoms with van der Waals surface area (Å²) in [5.74, 6) is -1.42. The number of carbonyl (C=O) groups is 2. The van der Waals surface area contributed by atoms with E-state index in [1.807, 2.05) is 6.07 Å². The lowest BCUT2D eigenvalue weighted by molar-refractivity contribution is -0.157. The highest BCUT2D eigenvalue weighted by atomic mass is 16.6. The van der Waals surface area contributed by atoms with E-state index >= 15 is 0 Å². The van der Waals surface area contributed by atoms with Gasteiger partial charge in [-0.1, -0.05) is 12.1 Å². The Labute approximate surface area is 156 Å². The van der Waals surface area contributed by atoms with Crippen molar-refractivity contribution in [3.05, 3.63) is 47.5 Å². The maximum Gasteiger partial charge on any atom is 0.326 e. The summed E-state index contributed by atoms with van der Waals surface area (Å²) in [6.07, 6.45) is 0. The first-order chi connectivity index (χ1) is 13.0. The van der Waals surface area contributed by atoms with Gasteiger partial charge in [-0.2, -0.15) is 0 Å². The summed E-state index contributed by atoms with van der Waals surface area (Å²) in [6.45, 7) is 0. The van der Waals surface area contributed by atoms with Crippen LogP contribution in [0, 0.1) is 5.92 Å². The standard InChI is InChI=1S/C20H20O7/c1-23-12-7-5-6-11(8-12)16-17-14(25-3)9-13(24-2)10-15(17)27-20(22)18(16)19(21)26-4/h5-10,16,18H,1-4H3/t16-,18-/m1/s1. The van der Waals surface area contributed by atoms with Gasteiger partial charge >= 0.3 is 11.9 Å². The minimum atomic E-state index is -1.17. The molecule has 0 bridgehead atoms. The molecule has 2 aromatic rings. The molecule has 7 nitrogen and oxygen atoms in total. The Hall–Kier alpha value is -3.22. The fraction of sp³-hybridized carbons (Fsp3) is 0.300. The summed E-state index contributed by atoms with van der Waals surface area (Å²) >= 11 is 0. The van der Waals surface area contributed by atoms with E-state index in [0.717, 1.165) is 0 Å². The second-order valence-corrected chi connectivity index (χ2v) is 5.92. The summed E-state index contributed by atoms with van der Waals surface area (Å²) in [6, 6.07) is 10.4. The van der Waals surface area contributed by atoms with Crippen LogP contribution < -0.4 is 18.9 Å². The SMILES string of the molecule is COC(=O)[C@@H]1C(=O)Oc2cc(OC)cc(OC)c2[C@H]1c1cccc(OC)c1. The molecule has 1 aliphatic rings. The van der Waals surface area contributed by atoms with Crippen LogP contribution >= 0.6 is 0 Å². The molecule has 0 N–H and O–H groups in total. The lowest BCUT2D eigenvalue weighted by Gasteiger charge is -2.32. The Morgan fingerprint density at radius 3 is 2.33 bits per heavy atom. The van der Waals surface area contributed by atoms with Crippen molar-refractivity contribution in [1.82, 2.24) is 0 Å². The minimum absolute atomic E-state index is 0.282. The average molecular weight is 372 g/mol. The van der Waals surface area contributed by atoms with Crippen LogP contribution in [0.1, 0.15) is 17.0 Å². The predicted octanol–water partition coefficient (Wildman–Crippen LogP) is 2.55. The molecule has 2 aromatic carbocycles. The first kappa shape index (κ1) is 18.6. The smallest absolute Gasteiger partial charge is 0.326 e. The lowest BCUT2D eigenvalue weighted by atomic mass is 9.78. The van der Waals surface area contributed by atoms with Crippen LogP contribution in [0.4, 0.5) is 0 Å². The van der Waals surface area contributed by atoms with E-state index < -0.39 is 23.8 Å². The molecule has 2 atom stereocenters. The van der Waals surface area contributed by atoms with Gasteiger partial charge in [0.15, 0.2) is 5.92 Å². The second-order valence-electron chi connectivity index (χ2n) is 5.92. The van der Waals surface area contributed by atoms with Gasteiger partial charge < -0.3 is 23.7 Å². The third-order valence-corrected chi connectivity index (χ3v) is 4.55. The Morgan fingerprint density at radius 1 is 0.963 bits per heavy atom. The maximum absolute atomic E-state index is 12.7. The highest BCUT2D eigenvalue weighted by molar-refractivity contribution is 5.99. The number of rotatable bonds is 5. The number of ether oxygens (including phenoxy) is 5. The van der Waals surface area contributed by atoms with Crippen LogP contribution in [-0.2, 0) is 14.3 Å². The molecule has 3 rings (SSSR count). The molecule has 27 heavy (non-hydrogen) atoms. The van der Waals surface area contributed by atoms with Gasteiger partial charge in [0.25, 0.3) is 0 Å². The monoisotopic (exact) mass is 372 g/mol. The van der Waals surface area contributed by atoms with Crippen molar-refractivity contribution in [2.24, 2.45) is 5.92 Å². The first-order valence-electron chi connectivity index (χ1n) is 8.23. The Kier molecular flexibility index (Phi) is 5.21. The summed E-state index contributed by atoms with van der Waals surface area (Å²) in [5.41, 5.74) is 1.27. The van der Waals surface area contributed by atoms with Crippen LogP contribution in [0.15, 0.2) is 36.4 Å². The van der Waals surface area contributed by atoms with E-state index in [1.54, 1.807) is 37.4 Å². The van der Waals surface area contributed by atoms with E-state index in [1.165, 1.54) is 21.3 Å². The molecule has 0 spiro atoms. The third-order valence-electron chi connectivity index (χ3n) is 4.55. The van der Waals surface area contributed by atoms with Crippen LogP contribution in [0.25, 0.3) is 0 Å². The van der Waals surface area contributed by atoms with E-state index in [0.29, 0.717) is 28.4 Å². The Bertz CT molecular complexity index is 875. The van der Waals surface area contributed by atoms with Crippen molar-refractivity contribution in [2.45, 2.75) is 5.92 Å². The van der Waals surface area contributed by atoms with Crippen molar-refractivity contribution in [1.29, 1.82) is 0 Å². The average Bonchev–Trinajstić information content (AvgIpc) is 2.71. The van der Waals surface area contributed by atoms with Crippen LogP contribution in [0.3, 0.4) is 0 Å². The molecule has 0 aliphatic carbocycles. The van der Waals surface area contributed by atoms with Gasteiger partial charge in [0, 0.05) is 23.6 Å². The molecule has 0 saturated carbocycles. The van der Waals surface area contributed by atoms with Crippen LogP contribution in [0.5, 0.6) is 23.0 Å². The molecular weight excluding hydrogens is 352 g/mol. The summed E-state index contributed by atoms with van der Waals surface area (Å²) in [7, 11) is 5.79. The third kappa shape index (κ3) is 3.28. The molecule has 1 aliphatic heterocycles. The number of hydrogen-bond donors (Lipinski definition) is 0. The van der Waals surface area contributed by atoms with Gasteiger partial charge in [-0.15, -0.1) is 0 Å². The van der Waals surface area contributed by atoms with E-state index in [-0.39, 0.29) is 5.75 Å². The highest BCUT2D eigenvalue weighted by Crippen LogP contribution is 2.49. The summed E-state index contributed by atoms with van der Waals surface area (Å²) in [4.78, 5) is 25.1. The number of hydrogen-bond acceptors (Lipinski definition) is 7. The fourth-order valence-corrected chi connectivity index (χ4v) is 3.28. The molecule has 0 radical (unpaired) electrons.